The number of halogens is 1. The number of rotatable bonds is 4. The fourth-order valence-electron chi connectivity index (χ4n) is 4.15. The molecule has 0 fully saturated rings. The first-order valence-corrected chi connectivity index (χ1v) is 11.4. The van der Waals surface area contributed by atoms with Crippen molar-refractivity contribution in [3.8, 4) is 11.4 Å². The van der Waals surface area contributed by atoms with E-state index < -0.39 is 0 Å². The highest BCUT2D eigenvalue weighted by atomic mass is 32.1. The second-order valence-corrected chi connectivity index (χ2v) is 8.74. The molecule has 0 aliphatic carbocycles. The van der Waals surface area contributed by atoms with Crippen molar-refractivity contribution in [2.45, 2.75) is 26.8 Å². The van der Waals surface area contributed by atoms with Crippen LogP contribution in [0.4, 0.5) is 10.1 Å². The molecule has 0 radical (unpaired) electrons. The summed E-state index contributed by atoms with van der Waals surface area (Å²) in [7, 11) is 0. The van der Waals surface area contributed by atoms with Crippen molar-refractivity contribution >= 4 is 28.6 Å². The van der Waals surface area contributed by atoms with Crippen molar-refractivity contribution < 1.29 is 8.91 Å². The van der Waals surface area contributed by atoms with Gasteiger partial charge >= 0.3 is 0 Å². The van der Waals surface area contributed by atoms with Gasteiger partial charge in [-0.3, -0.25) is 4.90 Å². The molecular weight excluding hydrogens is 447 g/mol. The van der Waals surface area contributed by atoms with Crippen LogP contribution in [0.15, 0.2) is 83.0 Å². The molecule has 2 heterocycles. The standard InChI is InChI=1S/C27H23FN4OS/c1-16-9-11-20(12-10-16)25-30-26(33-31-25)23-18(3)32(21-13-14-22(28)17(2)15-21)27(34)29-24(23)19-7-5-4-6-8-19/h4-15,24H,1-3H3,(H,29,34). The van der Waals surface area contributed by atoms with Crippen LogP contribution in [0.25, 0.3) is 17.0 Å². The molecule has 34 heavy (non-hydrogen) atoms. The summed E-state index contributed by atoms with van der Waals surface area (Å²) in [5.41, 5.74) is 6.00. The van der Waals surface area contributed by atoms with Gasteiger partial charge < -0.3 is 9.84 Å². The number of allylic oxidation sites excluding steroid dienone is 1. The smallest absolute Gasteiger partial charge is 0.258 e. The lowest BCUT2D eigenvalue weighted by Gasteiger charge is -2.37. The van der Waals surface area contributed by atoms with E-state index in [9.17, 15) is 4.39 Å². The minimum atomic E-state index is -0.280. The molecule has 0 bridgehead atoms. The molecule has 1 atom stereocenters. The molecule has 170 valence electrons. The van der Waals surface area contributed by atoms with Gasteiger partial charge in [0.1, 0.15) is 5.82 Å². The molecule has 0 saturated heterocycles. The van der Waals surface area contributed by atoms with E-state index in [0.717, 1.165) is 33.6 Å². The molecule has 7 heteroatoms. The Labute approximate surface area is 202 Å². The predicted octanol–water partition coefficient (Wildman–Crippen LogP) is 6.36. The molecule has 5 nitrogen and oxygen atoms in total. The van der Waals surface area contributed by atoms with Gasteiger partial charge in [-0.05, 0) is 62.3 Å². The first-order chi connectivity index (χ1) is 16.4. The van der Waals surface area contributed by atoms with Crippen LogP contribution < -0.4 is 10.2 Å². The SMILES string of the molecule is CC1=C(c2nc(-c3ccc(C)cc3)no2)C(c2ccccc2)NC(=S)N1c1ccc(F)c(C)c1. The summed E-state index contributed by atoms with van der Waals surface area (Å²) in [5.74, 6) is 0.656. The van der Waals surface area contributed by atoms with Gasteiger partial charge in [0.2, 0.25) is 5.82 Å². The predicted molar refractivity (Wildman–Crippen MR) is 136 cm³/mol. The molecule has 1 unspecified atom stereocenters. The van der Waals surface area contributed by atoms with Crippen LogP contribution in [0.2, 0.25) is 0 Å². The highest BCUT2D eigenvalue weighted by Crippen LogP contribution is 2.39. The van der Waals surface area contributed by atoms with Gasteiger partial charge in [-0.25, -0.2) is 4.39 Å². The molecule has 3 aromatic carbocycles. The number of hydrogen-bond acceptors (Lipinski definition) is 4. The topological polar surface area (TPSA) is 54.2 Å². The van der Waals surface area contributed by atoms with Crippen molar-refractivity contribution in [2.24, 2.45) is 0 Å². The van der Waals surface area contributed by atoms with Crippen LogP contribution in [0.3, 0.4) is 0 Å². The van der Waals surface area contributed by atoms with Gasteiger partial charge in [0.05, 0.1) is 11.6 Å². The Balaban J connectivity index is 1.65. The van der Waals surface area contributed by atoms with Crippen LogP contribution in [-0.2, 0) is 0 Å². The van der Waals surface area contributed by atoms with E-state index in [-0.39, 0.29) is 11.9 Å². The molecule has 5 rings (SSSR count). The quantitative estimate of drug-likeness (QED) is 0.350. The zero-order valence-corrected chi connectivity index (χ0v) is 19.9. The van der Waals surface area contributed by atoms with E-state index in [0.29, 0.717) is 22.4 Å². The second kappa shape index (κ2) is 8.83. The van der Waals surface area contributed by atoms with E-state index in [2.05, 4.69) is 10.5 Å². The Morgan fingerprint density at radius 1 is 0.971 bits per heavy atom. The van der Waals surface area contributed by atoms with Crippen molar-refractivity contribution in [2.75, 3.05) is 4.90 Å². The first-order valence-electron chi connectivity index (χ1n) is 11.0. The Morgan fingerprint density at radius 2 is 1.71 bits per heavy atom. The van der Waals surface area contributed by atoms with Crippen LogP contribution in [-0.4, -0.2) is 15.3 Å². The average molecular weight is 471 g/mol. The zero-order chi connectivity index (χ0) is 23.8. The Morgan fingerprint density at radius 3 is 2.41 bits per heavy atom. The van der Waals surface area contributed by atoms with Crippen molar-refractivity contribution in [3.63, 3.8) is 0 Å². The number of anilines is 1. The van der Waals surface area contributed by atoms with Crippen LogP contribution in [0, 0.1) is 19.7 Å². The van der Waals surface area contributed by atoms with Crippen molar-refractivity contribution in [1.29, 1.82) is 0 Å². The van der Waals surface area contributed by atoms with E-state index in [1.54, 1.807) is 19.1 Å². The Kier molecular flexibility index (Phi) is 5.71. The average Bonchev–Trinajstić information content (AvgIpc) is 3.31. The van der Waals surface area contributed by atoms with Crippen LogP contribution >= 0.6 is 12.2 Å². The molecule has 1 N–H and O–H groups in total. The largest absolute Gasteiger partial charge is 0.351 e. The van der Waals surface area contributed by atoms with E-state index >= 15 is 0 Å². The number of nitrogens with one attached hydrogen (secondary N) is 1. The third kappa shape index (κ3) is 3.99. The van der Waals surface area contributed by atoms with Gasteiger partial charge in [0.25, 0.3) is 5.89 Å². The maximum Gasteiger partial charge on any atom is 0.258 e. The Hall–Kier alpha value is -3.84. The van der Waals surface area contributed by atoms with Crippen molar-refractivity contribution in [3.05, 3.63) is 107 Å². The first kappa shape index (κ1) is 22.0. The molecule has 4 aromatic rings. The third-order valence-corrected chi connectivity index (χ3v) is 6.28. The summed E-state index contributed by atoms with van der Waals surface area (Å²) < 4.78 is 19.7. The van der Waals surface area contributed by atoms with Gasteiger partial charge in [-0.2, -0.15) is 4.98 Å². The monoisotopic (exact) mass is 470 g/mol. The summed E-state index contributed by atoms with van der Waals surface area (Å²) >= 11 is 5.76. The summed E-state index contributed by atoms with van der Waals surface area (Å²) in [6.45, 7) is 5.73. The highest BCUT2D eigenvalue weighted by molar-refractivity contribution is 7.80. The zero-order valence-electron chi connectivity index (χ0n) is 19.0. The lowest BCUT2D eigenvalue weighted by Crippen LogP contribution is -2.46. The van der Waals surface area contributed by atoms with Gasteiger partial charge in [-0.15, -0.1) is 0 Å². The van der Waals surface area contributed by atoms with Gasteiger partial charge in [-0.1, -0.05) is 65.3 Å². The fourth-order valence-corrected chi connectivity index (χ4v) is 4.51. The summed E-state index contributed by atoms with van der Waals surface area (Å²) in [6, 6.07) is 22.6. The second-order valence-electron chi connectivity index (χ2n) is 8.35. The molecule has 0 spiro atoms. The highest BCUT2D eigenvalue weighted by Gasteiger charge is 2.34. The minimum absolute atomic E-state index is 0.261. The molecular formula is C27H23FN4OS. The van der Waals surface area contributed by atoms with E-state index in [4.69, 9.17) is 21.7 Å². The summed E-state index contributed by atoms with van der Waals surface area (Å²) in [5, 5.41) is 8.19. The number of aryl methyl sites for hydroxylation is 2. The van der Waals surface area contributed by atoms with Crippen LogP contribution in [0.5, 0.6) is 0 Å². The molecule has 1 aliphatic heterocycles. The third-order valence-electron chi connectivity index (χ3n) is 5.98. The molecule has 0 saturated carbocycles. The minimum Gasteiger partial charge on any atom is -0.351 e. The molecule has 1 aliphatic rings. The Bertz CT molecular complexity index is 1400. The number of benzene rings is 3. The maximum absolute atomic E-state index is 14.0. The summed E-state index contributed by atoms with van der Waals surface area (Å²) in [6.07, 6.45) is 0. The normalized spacial score (nSPS) is 16.1. The molecule has 1 aromatic heterocycles. The van der Waals surface area contributed by atoms with Crippen molar-refractivity contribution in [1.82, 2.24) is 15.5 Å². The number of thiocarbonyl (C=S) groups is 1. The van der Waals surface area contributed by atoms with E-state index in [1.165, 1.54) is 6.07 Å². The number of nitrogens with zero attached hydrogens (tertiary/aromatic N) is 3. The summed E-state index contributed by atoms with van der Waals surface area (Å²) in [4.78, 5) is 6.62. The van der Waals surface area contributed by atoms with E-state index in [1.807, 2.05) is 73.3 Å². The van der Waals surface area contributed by atoms with Gasteiger partial charge in [0.15, 0.2) is 5.11 Å². The number of hydrogen-bond donors (Lipinski definition) is 1. The number of aromatic nitrogens is 2. The maximum atomic E-state index is 14.0. The van der Waals surface area contributed by atoms with Gasteiger partial charge in [0, 0.05) is 16.9 Å². The lowest BCUT2D eigenvalue weighted by molar-refractivity contribution is 0.404. The molecule has 0 amide bonds. The lowest BCUT2D eigenvalue weighted by atomic mass is 9.94. The van der Waals surface area contributed by atoms with Crippen LogP contribution in [0.1, 0.15) is 35.5 Å². The fraction of sp³-hybridized carbons (Fsp3) is 0.148.